The largest absolute Gasteiger partial charge is 0.480 e. The van der Waals surface area contributed by atoms with Gasteiger partial charge in [-0.2, -0.15) is 0 Å². The maximum Gasteiger partial charge on any atom is 0.407 e. The molecule has 188 valence electrons. The molecule has 2 aromatic carbocycles. The number of benzene rings is 2. The van der Waals surface area contributed by atoms with Gasteiger partial charge in [-0.3, -0.25) is 4.79 Å². The highest BCUT2D eigenvalue weighted by Gasteiger charge is 2.39. The minimum Gasteiger partial charge on any atom is -0.480 e. The van der Waals surface area contributed by atoms with Crippen molar-refractivity contribution in [2.45, 2.75) is 58.9 Å². The highest BCUT2D eigenvalue weighted by atomic mass is 16.5. The molecular formula is C28H36N2O5. The zero-order chi connectivity index (χ0) is 25.6. The van der Waals surface area contributed by atoms with Crippen LogP contribution in [0.4, 0.5) is 4.79 Å². The Labute approximate surface area is 207 Å². The Morgan fingerprint density at radius 1 is 0.971 bits per heavy atom. The van der Waals surface area contributed by atoms with E-state index in [1.165, 1.54) is 0 Å². The molecule has 7 nitrogen and oxygen atoms in total. The van der Waals surface area contributed by atoms with Gasteiger partial charge in [-0.1, -0.05) is 82.6 Å². The third-order valence-electron chi connectivity index (χ3n) is 7.52. The molecule has 35 heavy (non-hydrogen) atoms. The normalized spacial score (nSPS) is 14.4. The molecule has 0 saturated carbocycles. The highest BCUT2D eigenvalue weighted by molar-refractivity contribution is 5.88. The standard InChI is InChI=1S/C28H36N2O5/c1-5-18(4)24(25(31)32)30-26(33)28(6-2,7-3)17-29-27(34)35-16-23-21-14-10-8-12-19(21)20-13-9-11-15-22(20)23/h8-15,18,23-24H,5-7,16-17H2,1-4H3,(H,29,34)(H,30,33)(H,31,32). The molecular weight excluding hydrogens is 444 g/mol. The average Bonchev–Trinajstić information content (AvgIpc) is 3.20. The molecule has 2 amide bonds. The van der Waals surface area contributed by atoms with Crippen LogP contribution in [0.15, 0.2) is 48.5 Å². The van der Waals surface area contributed by atoms with Gasteiger partial charge < -0.3 is 20.5 Å². The van der Waals surface area contributed by atoms with Gasteiger partial charge in [0.2, 0.25) is 5.91 Å². The molecule has 0 spiro atoms. The van der Waals surface area contributed by atoms with Crippen molar-refractivity contribution in [3.63, 3.8) is 0 Å². The topological polar surface area (TPSA) is 105 Å². The van der Waals surface area contributed by atoms with Crippen LogP contribution in [0.2, 0.25) is 0 Å². The molecule has 7 heteroatoms. The first-order chi connectivity index (χ1) is 16.8. The molecule has 3 rings (SSSR count). The minimum atomic E-state index is -1.06. The molecule has 2 unspecified atom stereocenters. The number of fused-ring (bicyclic) bond motifs is 3. The Hall–Kier alpha value is -3.35. The lowest BCUT2D eigenvalue weighted by Gasteiger charge is -2.32. The number of hydrogen-bond acceptors (Lipinski definition) is 4. The summed E-state index contributed by atoms with van der Waals surface area (Å²) in [6.07, 6.45) is 0.931. The van der Waals surface area contributed by atoms with Crippen molar-refractivity contribution in [3.05, 3.63) is 59.7 Å². The second-order valence-corrected chi connectivity index (χ2v) is 9.34. The van der Waals surface area contributed by atoms with Crippen LogP contribution < -0.4 is 10.6 Å². The molecule has 0 saturated heterocycles. The van der Waals surface area contributed by atoms with E-state index in [1.54, 1.807) is 6.92 Å². The first kappa shape index (κ1) is 26.3. The average molecular weight is 481 g/mol. The summed E-state index contributed by atoms with van der Waals surface area (Å²) in [6, 6.07) is 15.3. The molecule has 0 heterocycles. The van der Waals surface area contributed by atoms with Crippen molar-refractivity contribution in [1.82, 2.24) is 10.6 Å². The van der Waals surface area contributed by atoms with Gasteiger partial charge in [-0.15, -0.1) is 0 Å². The molecule has 0 fully saturated rings. The number of ether oxygens (including phenoxy) is 1. The summed E-state index contributed by atoms with van der Waals surface area (Å²) in [5.74, 6) is -1.68. The van der Waals surface area contributed by atoms with Crippen LogP contribution >= 0.6 is 0 Å². The number of rotatable bonds is 11. The number of aliphatic carboxylic acids is 1. The highest BCUT2D eigenvalue weighted by Crippen LogP contribution is 2.44. The molecule has 0 radical (unpaired) electrons. The van der Waals surface area contributed by atoms with Gasteiger partial charge in [0, 0.05) is 12.5 Å². The van der Waals surface area contributed by atoms with E-state index in [2.05, 4.69) is 34.9 Å². The summed E-state index contributed by atoms with van der Waals surface area (Å²) in [7, 11) is 0. The van der Waals surface area contributed by atoms with E-state index in [0.29, 0.717) is 19.3 Å². The number of carbonyl (C=O) groups excluding carboxylic acids is 2. The van der Waals surface area contributed by atoms with Gasteiger partial charge in [-0.05, 0) is 41.0 Å². The van der Waals surface area contributed by atoms with Crippen LogP contribution in [0, 0.1) is 11.3 Å². The molecule has 2 aromatic rings. The van der Waals surface area contributed by atoms with Crippen molar-refractivity contribution in [2.24, 2.45) is 11.3 Å². The maximum atomic E-state index is 13.2. The number of carbonyl (C=O) groups is 3. The predicted molar refractivity (Wildman–Crippen MR) is 135 cm³/mol. The Morgan fingerprint density at radius 3 is 2.00 bits per heavy atom. The third kappa shape index (κ3) is 5.50. The summed E-state index contributed by atoms with van der Waals surface area (Å²) in [4.78, 5) is 37.5. The fraction of sp³-hybridized carbons (Fsp3) is 0.464. The lowest BCUT2D eigenvalue weighted by atomic mass is 9.80. The number of alkyl carbamates (subject to hydrolysis) is 1. The van der Waals surface area contributed by atoms with Gasteiger partial charge in [0.25, 0.3) is 0 Å². The van der Waals surface area contributed by atoms with Crippen LogP contribution in [0.3, 0.4) is 0 Å². The first-order valence-corrected chi connectivity index (χ1v) is 12.4. The number of carboxylic acids is 1. The quantitative estimate of drug-likeness (QED) is 0.422. The molecule has 1 aliphatic carbocycles. The molecule has 0 bridgehead atoms. The monoisotopic (exact) mass is 480 g/mol. The zero-order valence-corrected chi connectivity index (χ0v) is 21.0. The van der Waals surface area contributed by atoms with Crippen LogP contribution in [-0.2, 0) is 14.3 Å². The summed E-state index contributed by atoms with van der Waals surface area (Å²) < 4.78 is 5.60. The Kier molecular flexibility index (Phi) is 8.54. The summed E-state index contributed by atoms with van der Waals surface area (Å²) in [5.41, 5.74) is 3.63. The SMILES string of the molecule is CCC(C)C(NC(=O)C(CC)(CC)CNC(=O)OCC1c2ccccc2-c2ccccc21)C(=O)O. The van der Waals surface area contributed by atoms with Crippen LogP contribution in [-0.4, -0.2) is 42.3 Å². The molecule has 2 atom stereocenters. The molecule has 0 aliphatic heterocycles. The van der Waals surface area contributed by atoms with E-state index >= 15 is 0 Å². The van der Waals surface area contributed by atoms with E-state index in [1.807, 2.05) is 45.0 Å². The second kappa shape index (κ2) is 11.4. The number of carboxylic acid groups (broad SMARTS) is 1. The molecule has 1 aliphatic rings. The smallest absolute Gasteiger partial charge is 0.407 e. The van der Waals surface area contributed by atoms with E-state index < -0.39 is 23.5 Å². The van der Waals surface area contributed by atoms with Gasteiger partial charge >= 0.3 is 12.1 Å². The third-order valence-corrected chi connectivity index (χ3v) is 7.52. The van der Waals surface area contributed by atoms with Crippen molar-refractivity contribution < 1.29 is 24.2 Å². The number of amides is 2. The lowest BCUT2D eigenvalue weighted by Crippen LogP contribution is -2.54. The second-order valence-electron chi connectivity index (χ2n) is 9.34. The maximum absolute atomic E-state index is 13.2. The van der Waals surface area contributed by atoms with Crippen molar-refractivity contribution >= 4 is 18.0 Å². The van der Waals surface area contributed by atoms with Crippen LogP contribution in [0.25, 0.3) is 11.1 Å². The van der Waals surface area contributed by atoms with E-state index in [4.69, 9.17) is 4.74 Å². The van der Waals surface area contributed by atoms with Gasteiger partial charge in [-0.25, -0.2) is 9.59 Å². The fourth-order valence-corrected chi connectivity index (χ4v) is 4.77. The minimum absolute atomic E-state index is 0.0505. The van der Waals surface area contributed by atoms with Crippen molar-refractivity contribution in [2.75, 3.05) is 13.2 Å². The van der Waals surface area contributed by atoms with E-state index in [9.17, 15) is 19.5 Å². The Bertz CT molecular complexity index is 1020. The van der Waals surface area contributed by atoms with Crippen molar-refractivity contribution in [3.8, 4) is 11.1 Å². The lowest BCUT2D eigenvalue weighted by molar-refractivity contribution is -0.145. The Morgan fingerprint density at radius 2 is 1.51 bits per heavy atom. The van der Waals surface area contributed by atoms with Crippen molar-refractivity contribution in [1.29, 1.82) is 0 Å². The van der Waals surface area contributed by atoms with Crippen LogP contribution in [0.1, 0.15) is 64.0 Å². The first-order valence-electron chi connectivity index (χ1n) is 12.4. The van der Waals surface area contributed by atoms with Crippen LogP contribution in [0.5, 0.6) is 0 Å². The molecule has 0 aromatic heterocycles. The summed E-state index contributed by atoms with van der Waals surface area (Å²) in [6.45, 7) is 7.66. The predicted octanol–water partition coefficient (Wildman–Crippen LogP) is 4.95. The summed E-state index contributed by atoms with van der Waals surface area (Å²) >= 11 is 0. The van der Waals surface area contributed by atoms with E-state index in [-0.39, 0.29) is 30.9 Å². The van der Waals surface area contributed by atoms with Gasteiger partial charge in [0.15, 0.2) is 0 Å². The van der Waals surface area contributed by atoms with E-state index in [0.717, 1.165) is 22.3 Å². The van der Waals surface area contributed by atoms with Gasteiger partial charge in [0.1, 0.15) is 12.6 Å². The number of hydrogen-bond donors (Lipinski definition) is 3. The fourth-order valence-electron chi connectivity index (χ4n) is 4.77. The zero-order valence-electron chi connectivity index (χ0n) is 21.0. The Balaban J connectivity index is 1.64. The number of nitrogens with one attached hydrogen (secondary N) is 2. The molecule has 3 N–H and O–H groups in total. The summed E-state index contributed by atoms with van der Waals surface area (Å²) in [5, 5.41) is 15.0. The van der Waals surface area contributed by atoms with Gasteiger partial charge in [0.05, 0.1) is 5.41 Å².